The van der Waals surface area contributed by atoms with Crippen LogP contribution in [0.25, 0.3) is 0 Å². The quantitative estimate of drug-likeness (QED) is 0.689. The van der Waals surface area contributed by atoms with E-state index in [9.17, 15) is 9.59 Å². The van der Waals surface area contributed by atoms with Crippen LogP contribution in [-0.4, -0.2) is 29.9 Å². The van der Waals surface area contributed by atoms with Crippen LogP contribution in [0.3, 0.4) is 0 Å². The molecule has 4 N–H and O–H groups in total. The van der Waals surface area contributed by atoms with Crippen molar-refractivity contribution in [1.29, 1.82) is 0 Å². The molecule has 0 aliphatic heterocycles. The SMILES string of the molecule is CNC(=O)C(C)NC(=O)c1sc(N)nc1C. The normalized spacial score (nSPS) is 11.9. The molecule has 0 bridgehead atoms. The molecule has 0 fully saturated rings. The number of nitrogens with zero attached hydrogens (tertiary/aromatic N) is 1. The molecule has 1 rings (SSSR count). The van der Waals surface area contributed by atoms with Crippen molar-refractivity contribution in [3.8, 4) is 0 Å². The third-order valence-electron chi connectivity index (χ3n) is 2.01. The molecule has 0 aromatic carbocycles. The molecule has 1 unspecified atom stereocenters. The molecule has 6 nitrogen and oxygen atoms in total. The molecule has 7 heteroatoms. The van der Waals surface area contributed by atoms with Gasteiger partial charge < -0.3 is 16.4 Å². The second-order valence-corrected chi connectivity index (χ2v) is 4.31. The average Bonchev–Trinajstić information content (AvgIpc) is 2.56. The number of carbonyl (C=O) groups excluding carboxylic acids is 2. The first-order valence-corrected chi connectivity index (χ1v) is 5.52. The van der Waals surface area contributed by atoms with E-state index in [1.165, 1.54) is 7.05 Å². The molecular weight excluding hydrogens is 228 g/mol. The minimum absolute atomic E-state index is 0.247. The molecule has 0 saturated carbocycles. The van der Waals surface area contributed by atoms with Gasteiger partial charge in [-0.05, 0) is 13.8 Å². The summed E-state index contributed by atoms with van der Waals surface area (Å²) in [5, 5.41) is 5.36. The molecule has 88 valence electrons. The first kappa shape index (κ1) is 12.4. The third kappa shape index (κ3) is 2.69. The number of aromatic nitrogens is 1. The van der Waals surface area contributed by atoms with E-state index in [0.29, 0.717) is 15.7 Å². The van der Waals surface area contributed by atoms with E-state index in [2.05, 4.69) is 15.6 Å². The lowest BCUT2D eigenvalue weighted by Gasteiger charge is -2.11. The van der Waals surface area contributed by atoms with Crippen molar-refractivity contribution in [1.82, 2.24) is 15.6 Å². The lowest BCUT2D eigenvalue weighted by molar-refractivity contribution is -0.122. The zero-order chi connectivity index (χ0) is 12.3. The van der Waals surface area contributed by atoms with Crippen LogP contribution < -0.4 is 16.4 Å². The Bertz CT molecular complexity index is 416. The van der Waals surface area contributed by atoms with Gasteiger partial charge in [-0.1, -0.05) is 11.3 Å². The van der Waals surface area contributed by atoms with Crippen LogP contribution in [0.4, 0.5) is 5.13 Å². The van der Waals surface area contributed by atoms with Gasteiger partial charge in [0.15, 0.2) is 5.13 Å². The summed E-state index contributed by atoms with van der Waals surface area (Å²) >= 11 is 1.11. The summed E-state index contributed by atoms with van der Waals surface area (Å²) < 4.78 is 0. The Balaban J connectivity index is 2.73. The fourth-order valence-corrected chi connectivity index (χ4v) is 1.91. The molecule has 1 atom stereocenters. The number of carbonyl (C=O) groups is 2. The van der Waals surface area contributed by atoms with Crippen molar-refractivity contribution in [3.63, 3.8) is 0 Å². The van der Waals surface area contributed by atoms with Gasteiger partial charge in [0.05, 0.1) is 5.69 Å². The second-order valence-electron chi connectivity index (χ2n) is 3.28. The van der Waals surface area contributed by atoms with Crippen LogP contribution in [0, 0.1) is 6.92 Å². The van der Waals surface area contributed by atoms with Crippen molar-refractivity contribution >= 4 is 28.3 Å². The van der Waals surface area contributed by atoms with Gasteiger partial charge in [0, 0.05) is 7.05 Å². The van der Waals surface area contributed by atoms with E-state index in [1.54, 1.807) is 13.8 Å². The zero-order valence-electron chi connectivity index (χ0n) is 9.33. The van der Waals surface area contributed by atoms with Gasteiger partial charge in [0.1, 0.15) is 10.9 Å². The molecule has 0 spiro atoms. The highest BCUT2D eigenvalue weighted by molar-refractivity contribution is 7.17. The summed E-state index contributed by atoms with van der Waals surface area (Å²) in [6.45, 7) is 3.31. The topological polar surface area (TPSA) is 97.1 Å². The van der Waals surface area contributed by atoms with Crippen LogP contribution in [0.15, 0.2) is 0 Å². The summed E-state index contributed by atoms with van der Waals surface area (Å²) in [6.07, 6.45) is 0. The van der Waals surface area contributed by atoms with E-state index in [0.717, 1.165) is 11.3 Å². The number of likely N-dealkylation sites (N-methyl/N-ethyl adjacent to an activating group) is 1. The Morgan fingerprint density at radius 1 is 1.50 bits per heavy atom. The van der Waals surface area contributed by atoms with Gasteiger partial charge in [-0.25, -0.2) is 4.98 Å². The van der Waals surface area contributed by atoms with Gasteiger partial charge in [0.25, 0.3) is 5.91 Å². The first-order valence-electron chi connectivity index (χ1n) is 4.71. The molecule has 0 radical (unpaired) electrons. The van der Waals surface area contributed by atoms with E-state index >= 15 is 0 Å². The maximum atomic E-state index is 11.7. The number of amides is 2. The summed E-state index contributed by atoms with van der Waals surface area (Å²) in [4.78, 5) is 27.3. The molecule has 0 aliphatic carbocycles. The Hall–Kier alpha value is -1.63. The fraction of sp³-hybridized carbons (Fsp3) is 0.444. The molecule has 1 aromatic heterocycles. The molecule has 0 aliphatic rings. The molecule has 0 saturated heterocycles. The van der Waals surface area contributed by atoms with Crippen molar-refractivity contribution in [2.75, 3.05) is 12.8 Å². The predicted octanol–water partition coefficient (Wildman–Crippen LogP) is -0.102. The molecular formula is C9H14N4O2S. The van der Waals surface area contributed by atoms with Gasteiger partial charge in [-0.3, -0.25) is 9.59 Å². The average molecular weight is 242 g/mol. The molecule has 16 heavy (non-hydrogen) atoms. The largest absolute Gasteiger partial charge is 0.375 e. The smallest absolute Gasteiger partial charge is 0.263 e. The van der Waals surface area contributed by atoms with Crippen LogP contribution in [-0.2, 0) is 4.79 Å². The van der Waals surface area contributed by atoms with Gasteiger partial charge in [-0.15, -0.1) is 0 Å². The number of anilines is 1. The minimum atomic E-state index is -0.583. The lowest BCUT2D eigenvalue weighted by atomic mass is 10.3. The van der Waals surface area contributed by atoms with Crippen LogP contribution in [0.2, 0.25) is 0 Å². The summed E-state index contributed by atoms with van der Waals surface area (Å²) in [6, 6.07) is -0.583. The van der Waals surface area contributed by atoms with Crippen LogP contribution in [0.1, 0.15) is 22.3 Å². The Morgan fingerprint density at radius 2 is 2.12 bits per heavy atom. The first-order chi connectivity index (χ1) is 7.45. The summed E-state index contributed by atoms with van der Waals surface area (Å²) in [7, 11) is 1.51. The second kappa shape index (κ2) is 4.93. The summed E-state index contributed by atoms with van der Waals surface area (Å²) in [5.41, 5.74) is 6.06. The van der Waals surface area contributed by atoms with E-state index in [4.69, 9.17) is 5.73 Å². The highest BCUT2D eigenvalue weighted by Gasteiger charge is 2.19. The number of aryl methyl sites for hydroxylation is 1. The van der Waals surface area contributed by atoms with Crippen LogP contribution >= 0.6 is 11.3 Å². The van der Waals surface area contributed by atoms with E-state index in [-0.39, 0.29) is 11.8 Å². The number of nitrogen functional groups attached to an aromatic ring is 1. The highest BCUT2D eigenvalue weighted by atomic mass is 32.1. The maximum absolute atomic E-state index is 11.7. The molecule has 1 heterocycles. The Morgan fingerprint density at radius 3 is 2.56 bits per heavy atom. The van der Waals surface area contributed by atoms with Crippen molar-refractivity contribution in [2.45, 2.75) is 19.9 Å². The number of nitrogens with one attached hydrogen (secondary N) is 2. The monoisotopic (exact) mass is 242 g/mol. The number of hydrogen-bond donors (Lipinski definition) is 3. The number of nitrogens with two attached hydrogens (primary N) is 1. The number of rotatable bonds is 3. The lowest BCUT2D eigenvalue weighted by Crippen LogP contribution is -2.43. The van der Waals surface area contributed by atoms with Gasteiger partial charge >= 0.3 is 0 Å². The standard InChI is InChI=1S/C9H14N4O2S/c1-4-6(16-9(10)13-4)8(15)12-5(2)7(14)11-3/h5H,1-3H3,(H2,10,13)(H,11,14)(H,12,15). The number of thiazole rings is 1. The Kier molecular flexibility index (Phi) is 3.83. The maximum Gasteiger partial charge on any atom is 0.263 e. The summed E-state index contributed by atoms with van der Waals surface area (Å²) in [5.74, 6) is -0.578. The third-order valence-corrected chi connectivity index (χ3v) is 2.99. The predicted molar refractivity (Wildman–Crippen MR) is 62.3 cm³/mol. The van der Waals surface area contributed by atoms with Crippen molar-refractivity contribution < 1.29 is 9.59 Å². The van der Waals surface area contributed by atoms with E-state index in [1.807, 2.05) is 0 Å². The zero-order valence-corrected chi connectivity index (χ0v) is 10.1. The molecule has 2 amide bonds. The van der Waals surface area contributed by atoms with Crippen LogP contribution in [0.5, 0.6) is 0 Å². The number of hydrogen-bond acceptors (Lipinski definition) is 5. The van der Waals surface area contributed by atoms with Gasteiger partial charge in [-0.2, -0.15) is 0 Å². The van der Waals surface area contributed by atoms with Gasteiger partial charge in [0.2, 0.25) is 5.91 Å². The van der Waals surface area contributed by atoms with Crippen molar-refractivity contribution in [2.24, 2.45) is 0 Å². The minimum Gasteiger partial charge on any atom is -0.375 e. The van der Waals surface area contributed by atoms with Crippen molar-refractivity contribution in [3.05, 3.63) is 10.6 Å². The van der Waals surface area contributed by atoms with E-state index < -0.39 is 6.04 Å². The fourth-order valence-electron chi connectivity index (χ4n) is 1.17. The molecule has 1 aromatic rings. The highest BCUT2D eigenvalue weighted by Crippen LogP contribution is 2.19. The Labute approximate surface area is 97.2 Å².